The summed E-state index contributed by atoms with van der Waals surface area (Å²) in [4.78, 5) is 23.8. The molecule has 0 radical (unpaired) electrons. The average molecular weight is 287 g/mol. The molecule has 0 aromatic rings. The van der Waals surface area contributed by atoms with Crippen molar-refractivity contribution in [2.45, 2.75) is 52.2 Å². The van der Waals surface area contributed by atoms with E-state index in [-0.39, 0.29) is 18.1 Å². The van der Waals surface area contributed by atoms with Gasteiger partial charge >= 0.3 is 6.09 Å². The molecule has 0 saturated carbocycles. The van der Waals surface area contributed by atoms with Crippen LogP contribution in [0.5, 0.6) is 0 Å². The van der Waals surface area contributed by atoms with Crippen molar-refractivity contribution < 1.29 is 24.2 Å². The summed E-state index contributed by atoms with van der Waals surface area (Å²) in [6.45, 7) is 8.83. The number of hydrogen-bond donors (Lipinski definition) is 1. The minimum atomic E-state index is -0.714. The number of amides is 1. The zero-order valence-corrected chi connectivity index (χ0v) is 12.7. The van der Waals surface area contributed by atoms with E-state index in [9.17, 15) is 14.7 Å². The Balaban J connectivity index is 2.50. The van der Waals surface area contributed by atoms with Gasteiger partial charge in [-0.15, -0.1) is 0 Å². The highest BCUT2D eigenvalue weighted by atomic mass is 16.6. The van der Waals surface area contributed by atoms with E-state index in [0.29, 0.717) is 32.4 Å². The van der Waals surface area contributed by atoms with Crippen molar-refractivity contribution in [1.82, 2.24) is 4.90 Å². The van der Waals surface area contributed by atoms with Crippen LogP contribution in [0.4, 0.5) is 4.79 Å². The van der Waals surface area contributed by atoms with Crippen molar-refractivity contribution >= 4 is 12.6 Å². The van der Waals surface area contributed by atoms with Gasteiger partial charge in [-0.3, -0.25) is 4.79 Å². The molecule has 0 aromatic carbocycles. The summed E-state index contributed by atoms with van der Waals surface area (Å²) in [6.07, 6.45) is 0.261. The Morgan fingerprint density at radius 3 is 2.40 bits per heavy atom. The predicted molar refractivity (Wildman–Crippen MR) is 73.2 cm³/mol. The zero-order valence-electron chi connectivity index (χ0n) is 12.7. The normalized spacial score (nSPS) is 20.1. The van der Waals surface area contributed by atoms with Crippen molar-refractivity contribution in [3.05, 3.63) is 0 Å². The number of carbonyl (C=O) groups is 2. The van der Waals surface area contributed by atoms with E-state index in [0.717, 1.165) is 0 Å². The van der Waals surface area contributed by atoms with Crippen LogP contribution in [0.2, 0.25) is 0 Å². The number of likely N-dealkylation sites (tertiary alicyclic amines) is 1. The molecular formula is C14H25NO5. The van der Waals surface area contributed by atoms with Gasteiger partial charge in [0.2, 0.25) is 0 Å². The molecule has 1 rings (SSSR count). The largest absolute Gasteiger partial charge is 0.465 e. The maximum Gasteiger partial charge on any atom is 0.410 e. The lowest BCUT2D eigenvalue weighted by Crippen LogP contribution is -2.49. The third kappa shape index (κ3) is 4.67. The number of piperidine rings is 1. The van der Waals surface area contributed by atoms with Crippen molar-refractivity contribution in [2.24, 2.45) is 5.41 Å². The first kappa shape index (κ1) is 16.8. The highest BCUT2D eigenvalue weighted by molar-refractivity contribution is 5.68. The first-order valence-corrected chi connectivity index (χ1v) is 6.89. The van der Waals surface area contributed by atoms with Gasteiger partial charge in [0.25, 0.3) is 6.47 Å². The fourth-order valence-electron chi connectivity index (χ4n) is 2.19. The minimum Gasteiger partial charge on any atom is -0.465 e. The van der Waals surface area contributed by atoms with Crippen LogP contribution in [-0.2, 0) is 14.3 Å². The molecule has 1 saturated heterocycles. The molecular weight excluding hydrogens is 262 g/mol. The molecule has 0 aromatic heterocycles. The number of hydrogen-bond acceptors (Lipinski definition) is 5. The Kier molecular flexibility index (Phi) is 5.39. The van der Waals surface area contributed by atoms with Gasteiger partial charge in [0.15, 0.2) is 0 Å². The first-order valence-electron chi connectivity index (χ1n) is 6.89. The molecule has 1 amide bonds. The monoisotopic (exact) mass is 287 g/mol. The number of ether oxygens (including phenoxy) is 2. The number of aliphatic hydroxyl groups is 1. The molecule has 1 atom stereocenters. The zero-order chi connectivity index (χ0) is 15.4. The molecule has 1 heterocycles. The SMILES string of the molecule is CC(C)(C)OC(=O)N1CCC(C)(C(O)COC=O)CC1. The second-order valence-electron chi connectivity index (χ2n) is 6.57. The third-order valence-corrected chi connectivity index (χ3v) is 3.68. The van der Waals surface area contributed by atoms with Gasteiger partial charge in [-0.05, 0) is 33.6 Å². The van der Waals surface area contributed by atoms with E-state index in [1.165, 1.54) is 0 Å². The molecule has 116 valence electrons. The average Bonchev–Trinajstić information content (AvgIpc) is 2.34. The fourth-order valence-corrected chi connectivity index (χ4v) is 2.19. The van der Waals surface area contributed by atoms with E-state index in [4.69, 9.17) is 4.74 Å². The van der Waals surface area contributed by atoms with Crippen LogP contribution >= 0.6 is 0 Å². The molecule has 6 nitrogen and oxygen atoms in total. The van der Waals surface area contributed by atoms with E-state index in [1.54, 1.807) is 4.90 Å². The third-order valence-electron chi connectivity index (χ3n) is 3.68. The van der Waals surface area contributed by atoms with Crippen LogP contribution in [0.3, 0.4) is 0 Å². The van der Waals surface area contributed by atoms with E-state index >= 15 is 0 Å². The molecule has 6 heteroatoms. The van der Waals surface area contributed by atoms with Gasteiger partial charge < -0.3 is 19.5 Å². The van der Waals surface area contributed by atoms with Crippen molar-refractivity contribution in [2.75, 3.05) is 19.7 Å². The van der Waals surface area contributed by atoms with E-state index in [2.05, 4.69) is 4.74 Å². The van der Waals surface area contributed by atoms with Crippen LogP contribution in [0, 0.1) is 5.41 Å². The molecule has 0 spiro atoms. The summed E-state index contributed by atoms with van der Waals surface area (Å²) < 4.78 is 9.94. The summed E-state index contributed by atoms with van der Waals surface area (Å²) in [6, 6.07) is 0. The van der Waals surface area contributed by atoms with Gasteiger partial charge in [0, 0.05) is 18.5 Å². The minimum absolute atomic E-state index is 0.00750. The Morgan fingerprint density at radius 2 is 1.95 bits per heavy atom. The summed E-state index contributed by atoms with van der Waals surface area (Å²) in [5.41, 5.74) is -0.851. The quantitative estimate of drug-likeness (QED) is 0.794. The Bertz CT molecular complexity index is 342. The van der Waals surface area contributed by atoms with Gasteiger partial charge in [-0.25, -0.2) is 4.79 Å². The summed E-state index contributed by atoms with van der Waals surface area (Å²) in [5, 5.41) is 10.1. The topological polar surface area (TPSA) is 76.1 Å². The fraction of sp³-hybridized carbons (Fsp3) is 0.857. The second kappa shape index (κ2) is 6.43. The maximum absolute atomic E-state index is 11.9. The van der Waals surface area contributed by atoms with Crippen LogP contribution in [0.25, 0.3) is 0 Å². The van der Waals surface area contributed by atoms with E-state index < -0.39 is 11.7 Å². The van der Waals surface area contributed by atoms with Crippen molar-refractivity contribution in [3.63, 3.8) is 0 Å². The lowest BCUT2D eigenvalue weighted by molar-refractivity contribution is -0.135. The van der Waals surface area contributed by atoms with Crippen LogP contribution in [0.15, 0.2) is 0 Å². The number of rotatable bonds is 4. The van der Waals surface area contributed by atoms with Gasteiger partial charge in [-0.2, -0.15) is 0 Å². The Labute approximate surface area is 120 Å². The van der Waals surface area contributed by atoms with E-state index in [1.807, 2.05) is 27.7 Å². The molecule has 0 bridgehead atoms. The summed E-state index contributed by atoms with van der Waals surface area (Å²) in [7, 11) is 0. The lowest BCUT2D eigenvalue weighted by atomic mass is 9.76. The smallest absolute Gasteiger partial charge is 0.410 e. The van der Waals surface area contributed by atoms with Gasteiger partial charge in [0.1, 0.15) is 12.2 Å². The highest BCUT2D eigenvalue weighted by Crippen LogP contribution is 2.35. The molecule has 0 aliphatic carbocycles. The highest BCUT2D eigenvalue weighted by Gasteiger charge is 2.38. The predicted octanol–water partition coefficient (Wildman–Crippen LogP) is 1.56. The van der Waals surface area contributed by atoms with Crippen LogP contribution < -0.4 is 0 Å². The maximum atomic E-state index is 11.9. The Morgan fingerprint density at radius 1 is 1.40 bits per heavy atom. The van der Waals surface area contributed by atoms with Crippen molar-refractivity contribution in [1.29, 1.82) is 0 Å². The van der Waals surface area contributed by atoms with Crippen molar-refractivity contribution in [3.8, 4) is 0 Å². The number of aliphatic hydroxyl groups excluding tert-OH is 1. The molecule has 1 aliphatic rings. The lowest BCUT2D eigenvalue weighted by Gasteiger charge is -2.42. The standard InChI is InChI=1S/C14H25NO5/c1-13(2,3)20-12(18)15-7-5-14(4,6-8-15)11(17)9-19-10-16/h10-11,17H,5-9H2,1-4H3. The second-order valence-corrected chi connectivity index (χ2v) is 6.57. The van der Waals surface area contributed by atoms with Crippen LogP contribution in [0.1, 0.15) is 40.5 Å². The van der Waals surface area contributed by atoms with Gasteiger partial charge in [0.05, 0.1) is 6.10 Å². The van der Waals surface area contributed by atoms with Crippen LogP contribution in [-0.4, -0.2) is 54.0 Å². The first-order chi connectivity index (χ1) is 9.18. The molecule has 1 unspecified atom stereocenters. The Hall–Kier alpha value is -1.30. The molecule has 1 fully saturated rings. The number of carbonyl (C=O) groups excluding carboxylic acids is 2. The number of nitrogens with zero attached hydrogens (tertiary/aromatic N) is 1. The van der Waals surface area contributed by atoms with Gasteiger partial charge in [-0.1, -0.05) is 6.92 Å². The summed E-state index contributed by atoms with van der Waals surface area (Å²) >= 11 is 0. The molecule has 1 aliphatic heterocycles. The molecule has 1 N–H and O–H groups in total. The summed E-state index contributed by atoms with van der Waals surface area (Å²) in [5.74, 6) is 0. The molecule has 20 heavy (non-hydrogen) atoms.